The standard InChI is InChI=1S/C16H15NO2S/c1-11(2)19-14-10-6-9-13-15(14)20-17(16(13)18)12-7-4-3-5-8-12/h3-11H,1-2H3. The Labute approximate surface area is 121 Å². The van der Waals surface area contributed by atoms with Crippen LogP contribution in [0, 0.1) is 0 Å². The van der Waals surface area contributed by atoms with Gasteiger partial charge in [-0.05, 0) is 49.6 Å². The summed E-state index contributed by atoms with van der Waals surface area (Å²) in [5.74, 6) is 0.772. The van der Waals surface area contributed by atoms with Gasteiger partial charge < -0.3 is 4.74 Å². The molecule has 4 heteroatoms. The molecule has 0 N–H and O–H groups in total. The molecule has 0 saturated heterocycles. The summed E-state index contributed by atoms with van der Waals surface area (Å²) in [5, 5.41) is 0.706. The SMILES string of the molecule is CC(C)Oc1cccc2c(=O)n(-c3ccccc3)sc12. The number of para-hydroxylation sites is 1. The van der Waals surface area contributed by atoms with Crippen LogP contribution < -0.4 is 10.3 Å². The van der Waals surface area contributed by atoms with Crippen LogP contribution in [0.25, 0.3) is 15.8 Å². The lowest BCUT2D eigenvalue weighted by molar-refractivity contribution is 0.246. The molecular formula is C16H15NO2S. The number of benzene rings is 2. The van der Waals surface area contributed by atoms with Crippen molar-refractivity contribution >= 4 is 21.6 Å². The van der Waals surface area contributed by atoms with Gasteiger partial charge in [0.25, 0.3) is 5.56 Å². The van der Waals surface area contributed by atoms with E-state index >= 15 is 0 Å². The number of rotatable bonds is 3. The first-order valence-corrected chi connectivity index (χ1v) is 7.31. The lowest BCUT2D eigenvalue weighted by Gasteiger charge is -2.09. The fourth-order valence-corrected chi connectivity index (χ4v) is 3.15. The molecule has 0 saturated carbocycles. The van der Waals surface area contributed by atoms with E-state index in [0.717, 1.165) is 16.1 Å². The lowest BCUT2D eigenvalue weighted by atomic mass is 10.2. The molecule has 1 heterocycles. The smallest absolute Gasteiger partial charge is 0.273 e. The van der Waals surface area contributed by atoms with E-state index in [9.17, 15) is 4.79 Å². The molecule has 3 aromatic rings. The van der Waals surface area contributed by atoms with E-state index in [1.165, 1.54) is 11.5 Å². The normalized spacial score (nSPS) is 11.2. The van der Waals surface area contributed by atoms with Crippen molar-refractivity contribution in [3.63, 3.8) is 0 Å². The van der Waals surface area contributed by atoms with Crippen LogP contribution in [-0.2, 0) is 0 Å². The quantitative estimate of drug-likeness (QED) is 0.732. The Bertz CT molecular complexity index is 787. The molecule has 0 atom stereocenters. The van der Waals surface area contributed by atoms with Gasteiger partial charge >= 0.3 is 0 Å². The number of hydrogen-bond donors (Lipinski definition) is 0. The molecule has 3 rings (SSSR count). The van der Waals surface area contributed by atoms with Crippen molar-refractivity contribution in [2.45, 2.75) is 20.0 Å². The molecule has 0 aliphatic carbocycles. The highest BCUT2D eigenvalue weighted by atomic mass is 32.1. The zero-order chi connectivity index (χ0) is 14.1. The van der Waals surface area contributed by atoms with Crippen LogP contribution in [0.15, 0.2) is 53.3 Å². The van der Waals surface area contributed by atoms with E-state index in [-0.39, 0.29) is 11.7 Å². The van der Waals surface area contributed by atoms with Crippen molar-refractivity contribution in [1.29, 1.82) is 0 Å². The van der Waals surface area contributed by atoms with E-state index in [2.05, 4.69) is 0 Å². The van der Waals surface area contributed by atoms with Gasteiger partial charge in [-0.15, -0.1) is 0 Å². The maximum atomic E-state index is 12.5. The average molecular weight is 285 g/mol. The molecule has 20 heavy (non-hydrogen) atoms. The fraction of sp³-hybridized carbons (Fsp3) is 0.188. The maximum absolute atomic E-state index is 12.5. The minimum atomic E-state index is 0.00501. The van der Waals surface area contributed by atoms with Crippen LogP contribution in [0.5, 0.6) is 5.75 Å². The summed E-state index contributed by atoms with van der Waals surface area (Å²) < 4.78 is 8.39. The monoisotopic (exact) mass is 285 g/mol. The topological polar surface area (TPSA) is 31.2 Å². The Kier molecular flexibility index (Phi) is 3.32. The summed E-state index contributed by atoms with van der Waals surface area (Å²) in [6.45, 7) is 3.96. The average Bonchev–Trinajstić information content (AvgIpc) is 2.78. The third-order valence-corrected chi connectivity index (χ3v) is 4.09. The number of nitrogens with zero attached hydrogens (tertiary/aromatic N) is 1. The molecule has 0 aliphatic rings. The van der Waals surface area contributed by atoms with Crippen LogP contribution in [-0.4, -0.2) is 10.1 Å². The third-order valence-electron chi connectivity index (χ3n) is 2.93. The van der Waals surface area contributed by atoms with Gasteiger partial charge in [0.05, 0.1) is 21.9 Å². The van der Waals surface area contributed by atoms with Gasteiger partial charge in [-0.1, -0.05) is 24.3 Å². The first kappa shape index (κ1) is 12.9. The highest BCUT2D eigenvalue weighted by Gasteiger charge is 2.13. The highest BCUT2D eigenvalue weighted by Crippen LogP contribution is 2.30. The van der Waals surface area contributed by atoms with Gasteiger partial charge in [-0.25, -0.2) is 3.96 Å². The summed E-state index contributed by atoms with van der Waals surface area (Å²) >= 11 is 1.42. The van der Waals surface area contributed by atoms with Gasteiger partial charge in [0.15, 0.2) is 0 Å². The number of hydrogen-bond acceptors (Lipinski definition) is 3. The third kappa shape index (κ3) is 2.23. The number of ether oxygens (including phenoxy) is 1. The van der Waals surface area contributed by atoms with E-state index in [0.29, 0.717) is 5.39 Å². The van der Waals surface area contributed by atoms with Crippen molar-refractivity contribution in [1.82, 2.24) is 3.96 Å². The maximum Gasteiger partial charge on any atom is 0.273 e. The molecule has 2 aromatic carbocycles. The molecule has 0 amide bonds. The highest BCUT2D eigenvalue weighted by molar-refractivity contribution is 7.14. The van der Waals surface area contributed by atoms with Crippen molar-refractivity contribution in [3.8, 4) is 11.4 Å². The predicted octanol–water partition coefficient (Wildman–Crippen LogP) is 3.84. The van der Waals surface area contributed by atoms with Crippen molar-refractivity contribution in [3.05, 3.63) is 58.9 Å². The Morgan fingerprint density at radius 2 is 1.80 bits per heavy atom. The summed E-state index contributed by atoms with van der Waals surface area (Å²) in [5.41, 5.74) is 0.889. The first-order valence-electron chi connectivity index (χ1n) is 6.54. The van der Waals surface area contributed by atoms with Gasteiger partial charge in [0.2, 0.25) is 0 Å². The van der Waals surface area contributed by atoms with Crippen LogP contribution >= 0.6 is 11.5 Å². The molecule has 0 unspecified atom stereocenters. The van der Waals surface area contributed by atoms with Gasteiger partial charge in [-0.2, -0.15) is 0 Å². The van der Waals surface area contributed by atoms with E-state index in [4.69, 9.17) is 4.74 Å². The van der Waals surface area contributed by atoms with Gasteiger partial charge in [-0.3, -0.25) is 4.79 Å². The van der Waals surface area contributed by atoms with Crippen LogP contribution in [0.2, 0.25) is 0 Å². The van der Waals surface area contributed by atoms with E-state index in [1.54, 1.807) is 3.96 Å². The minimum Gasteiger partial charge on any atom is -0.489 e. The Hall–Kier alpha value is -2.07. The molecular weight excluding hydrogens is 270 g/mol. The fourth-order valence-electron chi connectivity index (χ4n) is 2.10. The summed E-state index contributed by atoms with van der Waals surface area (Å²) in [4.78, 5) is 12.5. The largest absolute Gasteiger partial charge is 0.489 e. The zero-order valence-corrected chi connectivity index (χ0v) is 12.2. The Morgan fingerprint density at radius 3 is 2.50 bits per heavy atom. The Morgan fingerprint density at radius 1 is 1.05 bits per heavy atom. The van der Waals surface area contributed by atoms with Crippen LogP contribution in [0.3, 0.4) is 0 Å². The van der Waals surface area contributed by atoms with Gasteiger partial charge in [0, 0.05) is 0 Å². The molecule has 0 aliphatic heterocycles. The van der Waals surface area contributed by atoms with Crippen molar-refractivity contribution in [2.75, 3.05) is 0 Å². The predicted molar refractivity (Wildman–Crippen MR) is 83.2 cm³/mol. The summed E-state index contributed by atoms with van der Waals surface area (Å²) in [7, 11) is 0. The van der Waals surface area contributed by atoms with Crippen LogP contribution in [0.4, 0.5) is 0 Å². The zero-order valence-electron chi connectivity index (χ0n) is 11.4. The summed E-state index contributed by atoms with van der Waals surface area (Å²) in [6.07, 6.45) is 0.0861. The van der Waals surface area contributed by atoms with Crippen LogP contribution in [0.1, 0.15) is 13.8 Å². The molecule has 0 radical (unpaired) electrons. The molecule has 102 valence electrons. The number of fused-ring (bicyclic) bond motifs is 1. The van der Waals surface area contributed by atoms with E-state index in [1.807, 2.05) is 62.4 Å². The van der Waals surface area contributed by atoms with Crippen molar-refractivity contribution < 1.29 is 4.74 Å². The number of aromatic nitrogens is 1. The summed E-state index contributed by atoms with van der Waals surface area (Å²) in [6, 6.07) is 15.3. The minimum absolute atomic E-state index is 0.00501. The molecule has 1 aromatic heterocycles. The second-order valence-electron chi connectivity index (χ2n) is 4.83. The molecule has 0 bridgehead atoms. The molecule has 3 nitrogen and oxygen atoms in total. The Balaban J connectivity index is 2.22. The molecule has 0 spiro atoms. The van der Waals surface area contributed by atoms with E-state index < -0.39 is 0 Å². The van der Waals surface area contributed by atoms with Crippen molar-refractivity contribution in [2.24, 2.45) is 0 Å². The first-order chi connectivity index (χ1) is 9.66. The molecule has 0 fully saturated rings. The van der Waals surface area contributed by atoms with Gasteiger partial charge in [0.1, 0.15) is 5.75 Å². The second-order valence-corrected chi connectivity index (χ2v) is 5.78. The second kappa shape index (κ2) is 5.13. The lowest BCUT2D eigenvalue weighted by Crippen LogP contribution is -2.10.